The molecule has 0 radical (unpaired) electrons. The van der Waals surface area contributed by atoms with Gasteiger partial charge in [0, 0.05) is 11.6 Å². The van der Waals surface area contributed by atoms with E-state index in [1.54, 1.807) is 6.20 Å². The Morgan fingerprint density at radius 3 is 2.33 bits per heavy atom. The number of hydrogen-bond acceptors (Lipinski definition) is 2. The van der Waals surface area contributed by atoms with E-state index < -0.39 is 0 Å². The van der Waals surface area contributed by atoms with Gasteiger partial charge in [0.2, 0.25) is 0 Å². The van der Waals surface area contributed by atoms with E-state index in [4.69, 9.17) is 16.9 Å². The number of benzene rings is 3. The highest BCUT2D eigenvalue weighted by atomic mass is 35.5. The molecule has 21 heavy (non-hydrogen) atoms. The first-order chi connectivity index (χ1) is 10.3. The smallest absolute Gasteiger partial charge is 0.136 e. The highest BCUT2D eigenvalue weighted by molar-refractivity contribution is 6.35. The topological polar surface area (TPSA) is 36.7 Å². The molecule has 0 saturated carbocycles. The maximum atomic E-state index is 9.01. The van der Waals surface area contributed by atoms with Crippen LogP contribution in [0.25, 0.3) is 32.3 Å². The molecule has 2 nitrogen and oxygen atoms in total. The Morgan fingerprint density at radius 2 is 1.48 bits per heavy atom. The van der Waals surface area contributed by atoms with Crippen LogP contribution in [0.1, 0.15) is 5.56 Å². The zero-order chi connectivity index (χ0) is 14.4. The highest BCUT2D eigenvalue weighted by Gasteiger charge is 2.07. The minimum Gasteiger partial charge on any atom is -0.244 e. The lowest BCUT2D eigenvalue weighted by molar-refractivity contribution is 1.37. The minimum absolute atomic E-state index is 0.523. The molecule has 98 valence electrons. The second kappa shape index (κ2) is 4.44. The summed E-state index contributed by atoms with van der Waals surface area (Å²) in [5.41, 5.74) is 0.676. The van der Waals surface area contributed by atoms with Crippen molar-refractivity contribution in [3.63, 3.8) is 0 Å². The average Bonchev–Trinajstić information content (AvgIpc) is 2.54. The van der Waals surface area contributed by atoms with Gasteiger partial charge < -0.3 is 0 Å². The number of halogens is 1. The molecule has 0 unspecified atom stereocenters. The van der Waals surface area contributed by atoms with Crippen LogP contribution in [-0.2, 0) is 0 Å². The molecule has 0 atom stereocenters. The van der Waals surface area contributed by atoms with E-state index in [1.807, 2.05) is 36.4 Å². The van der Waals surface area contributed by atoms with E-state index in [-0.39, 0.29) is 0 Å². The summed E-state index contributed by atoms with van der Waals surface area (Å²) < 4.78 is 0. The number of nitrogens with zero attached hydrogens (tertiary/aromatic N) is 2. The van der Waals surface area contributed by atoms with E-state index in [1.165, 1.54) is 0 Å². The highest BCUT2D eigenvalue weighted by Crippen LogP contribution is 2.33. The third-order valence-electron chi connectivity index (χ3n) is 3.84. The number of pyridine rings is 1. The first-order valence-electron chi connectivity index (χ1n) is 6.58. The van der Waals surface area contributed by atoms with E-state index in [0.29, 0.717) is 10.7 Å². The van der Waals surface area contributed by atoms with Gasteiger partial charge in [0.1, 0.15) is 5.15 Å². The molecule has 0 fully saturated rings. The Morgan fingerprint density at radius 1 is 0.810 bits per heavy atom. The Hall–Kier alpha value is -2.63. The molecule has 0 spiro atoms. The fourth-order valence-corrected chi connectivity index (χ4v) is 3.07. The number of hydrogen-bond donors (Lipinski definition) is 0. The lowest BCUT2D eigenvalue weighted by Gasteiger charge is -2.08. The predicted octanol–water partition coefficient (Wildman–Crippen LogP) is 5.07. The van der Waals surface area contributed by atoms with Crippen molar-refractivity contribution in [3.8, 4) is 6.07 Å². The number of rotatable bonds is 0. The minimum atomic E-state index is 0.523. The first-order valence-corrected chi connectivity index (χ1v) is 6.95. The van der Waals surface area contributed by atoms with E-state index in [9.17, 15) is 0 Å². The molecule has 0 N–H and O–H groups in total. The van der Waals surface area contributed by atoms with Gasteiger partial charge in [-0.2, -0.15) is 5.26 Å². The van der Waals surface area contributed by atoms with Crippen molar-refractivity contribution in [2.24, 2.45) is 0 Å². The second-order valence-corrected chi connectivity index (χ2v) is 5.33. The normalized spacial score (nSPS) is 11.0. The van der Waals surface area contributed by atoms with Crippen molar-refractivity contribution >= 4 is 43.9 Å². The third-order valence-corrected chi connectivity index (χ3v) is 4.14. The Balaban J connectivity index is 2.20. The van der Waals surface area contributed by atoms with Crippen molar-refractivity contribution < 1.29 is 0 Å². The van der Waals surface area contributed by atoms with E-state index in [0.717, 1.165) is 32.3 Å². The van der Waals surface area contributed by atoms with Gasteiger partial charge in [0.25, 0.3) is 0 Å². The maximum Gasteiger partial charge on any atom is 0.136 e. The standard InChI is InChI=1S/C18H9ClN2/c19-18-17-6-5-14-13-3-1-11(10-20)9-12(13)2-4-15(14)16(17)7-8-21-18/h1-9H. The molecular formula is C18H9ClN2. The molecule has 1 heterocycles. The molecule has 0 aliphatic carbocycles. The summed E-state index contributed by atoms with van der Waals surface area (Å²) in [5, 5.41) is 16.1. The zero-order valence-electron chi connectivity index (χ0n) is 11.0. The van der Waals surface area contributed by atoms with Crippen molar-refractivity contribution in [1.29, 1.82) is 5.26 Å². The summed E-state index contributed by atoms with van der Waals surface area (Å²) >= 11 is 6.17. The third kappa shape index (κ3) is 1.75. The molecule has 0 saturated heterocycles. The molecule has 3 heteroatoms. The molecule has 0 amide bonds. The summed E-state index contributed by atoms with van der Waals surface area (Å²) in [6.07, 6.45) is 1.73. The second-order valence-electron chi connectivity index (χ2n) is 4.97. The molecule has 0 bridgehead atoms. The number of aromatic nitrogens is 1. The van der Waals surface area contributed by atoms with Crippen LogP contribution < -0.4 is 0 Å². The molecule has 0 aliphatic rings. The van der Waals surface area contributed by atoms with Gasteiger partial charge in [-0.05, 0) is 45.1 Å². The van der Waals surface area contributed by atoms with Gasteiger partial charge in [-0.25, -0.2) is 4.98 Å². The van der Waals surface area contributed by atoms with Crippen molar-refractivity contribution in [2.45, 2.75) is 0 Å². The van der Waals surface area contributed by atoms with Gasteiger partial charge >= 0.3 is 0 Å². The summed E-state index contributed by atoms with van der Waals surface area (Å²) in [4.78, 5) is 4.13. The van der Waals surface area contributed by atoms with Gasteiger partial charge in [-0.15, -0.1) is 0 Å². The Labute approximate surface area is 126 Å². The summed E-state index contributed by atoms with van der Waals surface area (Å²) in [7, 11) is 0. The van der Waals surface area contributed by atoms with Crippen LogP contribution in [0.2, 0.25) is 5.15 Å². The Bertz CT molecular complexity index is 1060. The van der Waals surface area contributed by atoms with Crippen molar-refractivity contribution in [3.05, 3.63) is 65.4 Å². The largest absolute Gasteiger partial charge is 0.244 e. The van der Waals surface area contributed by atoms with Crippen LogP contribution in [0, 0.1) is 11.3 Å². The lowest BCUT2D eigenvalue weighted by Crippen LogP contribution is -1.84. The van der Waals surface area contributed by atoms with Gasteiger partial charge in [-0.1, -0.05) is 41.9 Å². The van der Waals surface area contributed by atoms with Gasteiger partial charge in [0.05, 0.1) is 11.6 Å². The van der Waals surface area contributed by atoms with Crippen LogP contribution in [-0.4, -0.2) is 4.98 Å². The summed E-state index contributed by atoms with van der Waals surface area (Å²) in [6.45, 7) is 0. The molecular weight excluding hydrogens is 280 g/mol. The van der Waals surface area contributed by atoms with Crippen molar-refractivity contribution in [2.75, 3.05) is 0 Å². The fourth-order valence-electron chi connectivity index (χ4n) is 2.85. The molecule has 0 aliphatic heterocycles. The van der Waals surface area contributed by atoms with Crippen LogP contribution in [0.5, 0.6) is 0 Å². The van der Waals surface area contributed by atoms with Crippen LogP contribution in [0.4, 0.5) is 0 Å². The molecule has 4 rings (SSSR count). The Kier molecular flexibility index (Phi) is 2.57. The van der Waals surface area contributed by atoms with Crippen LogP contribution in [0.15, 0.2) is 54.7 Å². The summed E-state index contributed by atoms with van der Waals surface area (Å²) in [5.74, 6) is 0. The zero-order valence-corrected chi connectivity index (χ0v) is 11.7. The first kappa shape index (κ1) is 12.1. The van der Waals surface area contributed by atoms with Gasteiger partial charge in [0.15, 0.2) is 0 Å². The predicted molar refractivity (Wildman–Crippen MR) is 86.5 cm³/mol. The van der Waals surface area contributed by atoms with Gasteiger partial charge in [-0.3, -0.25) is 0 Å². The molecule has 1 aromatic heterocycles. The quantitative estimate of drug-likeness (QED) is 0.335. The SMILES string of the molecule is N#Cc1ccc2c(ccc3c4ccnc(Cl)c4ccc23)c1. The fraction of sp³-hybridized carbons (Fsp3) is 0. The van der Waals surface area contributed by atoms with Crippen LogP contribution >= 0.6 is 11.6 Å². The average molecular weight is 289 g/mol. The van der Waals surface area contributed by atoms with E-state index in [2.05, 4.69) is 23.2 Å². The number of fused-ring (bicyclic) bond motifs is 5. The van der Waals surface area contributed by atoms with E-state index >= 15 is 0 Å². The monoisotopic (exact) mass is 288 g/mol. The molecule has 3 aromatic carbocycles. The molecule has 4 aromatic rings. The maximum absolute atomic E-state index is 9.01. The summed E-state index contributed by atoms with van der Waals surface area (Å²) in [6, 6.07) is 18.1. The number of nitriles is 1. The van der Waals surface area contributed by atoms with Crippen LogP contribution in [0.3, 0.4) is 0 Å². The van der Waals surface area contributed by atoms with Crippen molar-refractivity contribution in [1.82, 2.24) is 4.98 Å². The lowest BCUT2D eigenvalue weighted by atomic mass is 9.97.